The molecule has 2 fully saturated rings. The summed E-state index contributed by atoms with van der Waals surface area (Å²) in [7, 11) is 1.66. The highest BCUT2D eigenvalue weighted by Gasteiger charge is 2.50. The summed E-state index contributed by atoms with van der Waals surface area (Å²) in [5, 5.41) is 6.48. The fourth-order valence-electron chi connectivity index (χ4n) is 3.70. The van der Waals surface area contributed by atoms with Crippen LogP contribution in [-0.4, -0.2) is 55.2 Å². The van der Waals surface area contributed by atoms with Gasteiger partial charge in [0.05, 0.1) is 24.6 Å². The van der Waals surface area contributed by atoms with Gasteiger partial charge >= 0.3 is 0 Å². The Morgan fingerprint density at radius 2 is 1.93 bits per heavy atom. The van der Waals surface area contributed by atoms with Crippen LogP contribution in [0.5, 0.6) is 5.75 Å². The molecule has 0 radical (unpaired) electrons. The first kappa shape index (κ1) is 18.3. The minimum absolute atomic E-state index is 0.0659. The molecule has 8 heteroatoms. The Bertz CT molecular complexity index is 873. The summed E-state index contributed by atoms with van der Waals surface area (Å²) in [6.45, 7) is 4.53. The molecule has 1 N–H and O–H groups in total. The third-order valence-electron chi connectivity index (χ3n) is 5.34. The number of para-hydroxylation sites is 2. The van der Waals surface area contributed by atoms with Crippen LogP contribution in [-0.2, 0) is 9.59 Å². The van der Waals surface area contributed by atoms with E-state index in [9.17, 15) is 9.59 Å². The van der Waals surface area contributed by atoms with Gasteiger partial charge in [-0.3, -0.25) is 9.59 Å². The molecular weight excluding hydrogens is 360 g/mol. The largest absolute Gasteiger partial charge is 0.495 e. The molecule has 2 heterocycles. The molecule has 148 valence electrons. The molecule has 1 aliphatic heterocycles. The van der Waals surface area contributed by atoms with Crippen molar-refractivity contribution in [3.05, 3.63) is 36.1 Å². The first-order valence-electron chi connectivity index (χ1n) is 9.47. The van der Waals surface area contributed by atoms with Crippen molar-refractivity contribution in [2.75, 3.05) is 43.5 Å². The Hall–Kier alpha value is -3.03. The number of methoxy groups -OCH3 is 1. The number of piperazine rings is 1. The SMILES string of the molecule is COc1ccccc1N1CCN(C(=O)C2CC2C(=O)Nc2cc(C)on2)CC1. The summed E-state index contributed by atoms with van der Waals surface area (Å²) in [4.78, 5) is 29.2. The zero-order chi connectivity index (χ0) is 19.7. The van der Waals surface area contributed by atoms with E-state index in [1.54, 1.807) is 20.1 Å². The van der Waals surface area contributed by atoms with Crippen molar-refractivity contribution in [3.63, 3.8) is 0 Å². The number of amides is 2. The van der Waals surface area contributed by atoms with E-state index in [-0.39, 0.29) is 23.7 Å². The zero-order valence-electron chi connectivity index (χ0n) is 16.1. The van der Waals surface area contributed by atoms with E-state index < -0.39 is 0 Å². The summed E-state index contributed by atoms with van der Waals surface area (Å²) in [5.41, 5.74) is 1.05. The molecule has 0 bridgehead atoms. The Morgan fingerprint density at radius 1 is 1.18 bits per heavy atom. The van der Waals surface area contributed by atoms with Gasteiger partial charge in [0.25, 0.3) is 0 Å². The topological polar surface area (TPSA) is 87.9 Å². The van der Waals surface area contributed by atoms with Gasteiger partial charge in [-0.05, 0) is 25.5 Å². The van der Waals surface area contributed by atoms with Crippen molar-refractivity contribution in [3.8, 4) is 5.75 Å². The number of benzene rings is 1. The maximum Gasteiger partial charge on any atom is 0.229 e. The lowest BCUT2D eigenvalue weighted by Crippen LogP contribution is -2.49. The van der Waals surface area contributed by atoms with E-state index in [1.165, 1.54) is 0 Å². The van der Waals surface area contributed by atoms with Gasteiger partial charge in [-0.15, -0.1) is 0 Å². The first-order valence-corrected chi connectivity index (χ1v) is 9.47. The van der Waals surface area contributed by atoms with Crippen LogP contribution in [0.2, 0.25) is 0 Å². The maximum absolute atomic E-state index is 12.8. The molecule has 1 saturated carbocycles. The molecule has 2 amide bonds. The number of nitrogens with zero attached hydrogens (tertiary/aromatic N) is 3. The van der Waals surface area contributed by atoms with Crippen LogP contribution in [0.15, 0.2) is 34.9 Å². The predicted octanol–water partition coefficient (Wildman–Crippen LogP) is 1.92. The number of ether oxygens (including phenoxy) is 1. The second-order valence-corrected chi connectivity index (χ2v) is 7.24. The third-order valence-corrected chi connectivity index (χ3v) is 5.34. The average Bonchev–Trinajstić information content (AvgIpc) is 3.43. The summed E-state index contributed by atoms with van der Waals surface area (Å²) in [6.07, 6.45) is 0.591. The van der Waals surface area contributed by atoms with Crippen LogP contribution in [0.4, 0.5) is 11.5 Å². The molecule has 1 aromatic heterocycles. The lowest BCUT2D eigenvalue weighted by atomic mass is 10.2. The number of aryl methyl sites for hydroxylation is 1. The van der Waals surface area contributed by atoms with E-state index in [1.807, 2.05) is 29.2 Å². The Labute approximate surface area is 163 Å². The molecule has 2 atom stereocenters. The Morgan fingerprint density at radius 3 is 2.61 bits per heavy atom. The number of hydrogen-bond donors (Lipinski definition) is 1. The summed E-state index contributed by atoms with van der Waals surface area (Å²) in [6, 6.07) is 9.56. The number of carbonyl (C=O) groups excluding carboxylic acids is 2. The monoisotopic (exact) mass is 384 g/mol. The fraction of sp³-hybridized carbons (Fsp3) is 0.450. The van der Waals surface area contributed by atoms with Crippen molar-refractivity contribution >= 4 is 23.3 Å². The zero-order valence-corrected chi connectivity index (χ0v) is 16.1. The number of aromatic nitrogens is 1. The van der Waals surface area contributed by atoms with Gasteiger partial charge < -0.3 is 24.4 Å². The van der Waals surface area contributed by atoms with E-state index >= 15 is 0 Å². The fourth-order valence-corrected chi connectivity index (χ4v) is 3.70. The van der Waals surface area contributed by atoms with Crippen molar-refractivity contribution < 1.29 is 18.8 Å². The molecule has 2 aliphatic rings. The van der Waals surface area contributed by atoms with Crippen molar-refractivity contribution in [2.45, 2.75) is 13.3 Å². The molecule has 8 nitrogen and oxygen atoms in total. The van der Waals surface area contributed by atoms with Crippen LogP contribution in [0, 0.1) is 18.8 Å². The summed E-state index contributed by atoms with van der Waals surface area (Å²) in [5.74, 6) is 1.25. The Kier molecular flexibility index (Phi) is 4.93. The lowest BCUT2D eigenvalue weighted by Gasteiger charge is -2.36. The van der Waals surface area contributed by atoms with Crippen LogP contribution in [0.3, 0.4) is 0 Å². The first-order chi connectivity index (χ1) is 13.6. The second-order valence-electron chi connectivity index (χ2n) is 7.24. The average molecular weight is 384 g/mol. The van der Waals surface area contributed by atoms with E-state index in [2.05, 4.69) is 15.4 Å². The van der Waals surface area contributed by atoms with Gasteiger partial charge in [0, 0.05) is 32.2 Å². The third kappa shape index (κ3) is 3.67. The van der Waals surface area contributed by atoms with E-state index in [0.29, 0.717) is 31.1 Å². The normalized spacial score (nSPS) is 21.4. The highest BCUT2D eigenvalue weighted by molar-refractivity contribution is 5.99. The van der Waals surface area contributed by atoms with Gasteiger partial charge in [-0.25, -0.2) is 0 Å². The van der Waals surface area contributed by atoms with Gasteiger partial charge in [0.15, 0.2) is 5.82 Å². The number of rotatable bonds is 5. The van der Waals surface area contributed by atoms with Crippen molar-refractivity contribution in [2.24, 2.45) is 11.8 Å². The van der Waals surface area contributed by atoms with E-state index in [0.717, 1.165) is 24.5 Å². The van der Waals surface area contributed by atoms with Crippen LogP contribution in [0.25, 0.3) is 0 Å². The molecule has 1 aromatic carbocycles. The highest BCUT2D eigenvalue weighted by Crippen LogP contribution is 2.41. The molecule has 28 heavy (non-hydrogen) atoms. The van der Waals surface area contributed by atoms with Crippen molar-refractivity contribution in [1.29, 1.82) is 0 Å². The minimum Gasteiger partial charge on any atom is -0.495 e. The van der Waals surface area contributed by atoms with Gasteiger partial charge in [0.2, 0.25) is 11.8 Å². The number of hydrogen-bond acceptors (Lipinski definition) is 6. The highest BCUT2D eigenvalue weighted by atomic mass is 16.5. The molecular formula is C20H24N4O4. The van der Waals surface area contributed by atoms with E-state index in [4.69, 9.17) is 9.26 Å². The summed E-state index contributed by atoms with van der Waals surface area (Å²) < 4.78 is 10.4. The number of carbonyl (C=O) groups is 2. The van der Waals surface area contributed by atoms with Crippen molar-refractivity contribution in [1.82, 2.24) is 10.1 Å². The molecule has 1 saturated heterocycles. The molecule has 2 unspecified atom stereocenters. The van der Waals surface area contributed by atoms with Crippen LogP contribution < -0.4 is 15.0 Å². The predicted molar refractivity (Wildman–Crippen MR) is 103 cm³/mol. The van der Waals surface area contributed by atoms with Gasteiger partial charge in [-0.2, -0.15) is 0 Å². The maximum atomic E-state index is 12.8. The van der Waals surface area contributed by atoms with Gasteiger partial charge in [-0.1, -0.05) is 17.3 Å². The number of anilines is 2. The summed E-state index contributed by atoms with van der Waals surface area (Å²) >= 11 is 0. The molecule has 4 rings (SSSR count). The van der Waals surface area contributed by atoms with Crippen LogP contribution >= 0.6 is 0 Å². The molecule has 2 aromatic rings. The quantitative estimate of drug-likeness (QED) is 0.847. The smallest absolute Gasteiger partial charge is 0.229 e. The standard InChI is InChI=1S/C20H24N4O4/c1-13-11-18(22-28-13)21-19(25)14-12-15(14)20(26)24-9-7-23(8-10-24)16-5-3-4-6-17(16)27-2/h3-6,11,14-15H,7-10,12H2,1-2H3,(H,21,22,25). The molecule has 0 spiro atoms. The van der Waals surface area contributed by atoms with Crippen LogP contribution in [0.1, 0.15) is 12.2 Å². The molecule has 1 aliphatic carbocycles. The lowest BCUT2D eigenvalue weighted by molar-refractivity contribution is -0.134. The minimum atomic E-state index is -0.281. The Balaban J connectivity index is 1.29. The number of nitrogens with one attached hydrogen (secondary N) is 1. The second kappa shape index (κ2) is 7.53. The van der Waals surface area contributed by atoms with Gasteiger partial charge in [0.1, 0.15) is 11.5 Å².